The first kappa shape index (κ1) is 12.6. The van der Waals surface area contributed by atoms with Gasteiger partial charge in [0.25, 0.3) is 0 Å². The van der Waals surface area contributed by atoms with E-state index in [-0.39, 0.29) is 0 Å². The van der Waals surface area contributed by atoms with Crippen molar-refractivity contribution in [3.05, 3.63) is 59.5 Å². The molecule has 0 fully saturated rings. The zero-order valence-corrected chi connectivity index (χ0v) is 11.0. The third kappa shape index (κ3) is 3.33. The molecule has 0 atom stereocenters. The Kier molecular flexibility index (Phi) is 4.35. The third-order valence-electron chi connectivity index (χ3n) is 3.10. The van der Waals surface area contributed by atoms with Crippen LogP contribution in [0.15, 0.2) is 52.1 Å². The van der Waals surface area contributed by atoms with Crippen LogP contribution in [0.2, 0.25) is 0 Å². The number of hydrogen-bond donors (Lipinski definition) is 0. The summed E-state index contributed by atoms with van der Waals surface area (Å²) in [5.41, 5.74) is 3.91. The minimum Gasteiger partial charge on any atom is -0.467 e. The maximum atomic E-state index is 5.30. The Hall–Kier alpha value is -1.83. The highest BCUT2D eigenvalue weighted by molar-refractivity contribution is 5.86. The zero-order chi connectivity index (χ0) is 12.8. The lowest BCUT2D eigenvalue weighted by molar-refractivity contribution is 0.512. The molecule has 0 N–H and O–H groups in total. The van der Waals surface area contributed by atoms with Gasteiger partial charge in [-0.05, 0) is 36.6 Å². The molecule has 0 saturated carbocycles. The predicted octanol–water partition coefficient (Wildman–Crippen LogP) is 4.18. The van der Waals surface area contributed by atoms with E-state index in [4.69, 9.17) is 4.42 Å². The molecule has 94 valence electrons. The lowest BCUT2D eigenvalue weighted by Gasteiger charge is -2.07. The summed E-state index contributed by atoms with van der Waals surface area (Å²) in [6.45, 7) is 4.94. The monoisotopic (exact) mass is 241 g/mol. The minimum absolute atomic E-state index is 0.641. The van der Waals surface area contributed by atoms with Gasteiger partial charge in [0.05, 0.1) is 12.8 Å². The van der Waals surface area contributed by atoms with Gasteiger partial charge in [-0.1, -0.05) is 31.2 Å². The number of nitrogens with zero attached hydrogens (tertiary/aromatic N) is 1. The van der Waals surface area contributed by atoms with Crippen LogP contribution >= 0.6 is 0 Å². The summed E-state index contributed by atoms with van der Waals surface area (Å²) in [5, 5.41) is 0. The summed E-state index contributed by atoms with van der Waals surface area (Å²) in [6, 6.07) is 12.3. The van der Waals surface area contributed by atoms with Crippen molar-refractivity contribution in [1.29, 1.82) is 0 Å². The summed E-state index contributed by atoms with van der Waals surface area (Å²) in [6.07, 6.45) is 3.61. The second-order valence-electron chi connectivity index (χ2n) is 4.42. The number of aryl methyl sites for hydroxylation is 1. The number of hydrogen-bond acceptors (Lipinski definition) is 2. The normalized spacial score (nSPS) is 11.8. The molecular weight excluding hydrogens is 222 g/mol. The topological polar surface area (TPSA) is 25.5 Å². The van der Waals surface area contributed by atoms with Crippen molar-refractivity contribution in [2.45, 2.75) is 33.2 Å². The summed E-state index contributed by atoms with van der Waals surface area (Å²) in [7, 11) is 0. The molecule has 0 amide bonds. The number of benzene rings is 1. The molecule has 1 aromatic heterocycles. The molecule has 0 aliphatic heterocycles. The van der Waals surface area contributed by atoms with E-state index in [1.165, 1.54) is 16.8 Å². The van der Waals surface area contributed by atoms with E-state index < -0.39 is 0 Å². The lowest BCUT2D eigenvalue weighted by atomic mass is 10.0. The van der Waals surface area contributed by atoms with E-state index in [9.17, 15) is 0 Å². The molecule has 2 nitrogen and oxygen atoms in total. The highest BCUT2D eigenvalue weighted by Gasteiger charge is 2.02. The van der Waals surface area contributed by atoms with E-state index in [2.05, 4.69) is 43.1 Å². The first-order valence-corrected chi connectivity index (χ1v) is 6.38. The summed E-state index contributed by atoms with van der Waals surface area (Å²) in [5.74, 6) is 0.922. The molecule has 0 saturated heterocycles. The van der Waals surface area contributed by atoms with Gasteiger partial charge >= 0.3 is 0 Å². The zero-order valence-electron chi connectivity index (χ0n) is 11.0. The molecule has 0 radical (unpaired) electrons. The van der Waals surface area contributed by atoms with Crippen molar-refractivity contribution in [1.82, 2.24) is 0 Å². The van der Waals surface area contributed by atoms with Crippen molar-refractivity contribution in [3.63, 3.8) is 0 Å². The second-order valence-corrected chi connectivity index (χ2v) is 4.42. The van der Waals surface area contributed by atoms with E-state index in [0.717, 1.165) is 18.6 Å². The smallest absolute Gasteiger partial charge is 0.125 e. The van der Waals surface area contributed by atoms with Crippen molar-refractivity contribution < 1.29 is 4.42 Å². The van der Waals surface area contributed by atoms with E-state index in [1.807, 2.05) is 12.1 Å². The van der Waals surface area contributed by atoms with Crippen molar-refractivity contribution in [2.75, 3.05) is 0 Å². The molecule has 1 heterocycles. The second kappa shape index (κ2) is 6.20. The van der Waals surface area contributed by atoms with Crippen LogP contribution in [0.4, 0.5) is 0 Å². The molecule has 2 rings (SSSR count). The van der Waals surface area contributed by atoms with Gasteiger partial charge < -0.3 is 4.42 Å². The number of rotatable bonds is 5. The van der Waals surface area contributed by atoms with Crippen LogP contribution in [-0.4, -0.2) is 5.71 Å². The van der Waals surface area contributed by atoms with E-state index in [0.29, 0.717) is 6.54 Å². The van der Waals surface area contributed by atoms with Crippen LogP contribution in [0.25, 0.3) is 0 Å². The predicted molar refractivity (Wildman–Crippen MR) is 75.0 cm³/mol. The quantitative estimate of drug-likeness (QED) is 0.721. The molecule has 2 heteroatoms. The maximum Gasteiger partial charge on any atom is 0.125 e. The average molecular weight is 241 g/mol. The van der Waals surface area contributed by atoms with Crippen LogP contribution < -0.4 is 0 Å². The fourth-order valence-corrected chi connectivity index (χ4v) is 1.91. The fourth-order valence-electron chi connectivity index (χ4n) is 1.91. The van der Waals surface area contributed by atoms with Crippen molar-refractivity contribution >= 4 is 5.71 Å². The minimum atomic E-state index is 0.641. The first-order chi connectivity index (χ1) is 8.79. The van der Waals surface area contributed by atoms with Gasteiger partial charge in [-0.25, -0.2) is 0 Å². The van der Waals surface area contributed by atoms with Crippen LogP contribution in [0.3, 0.4) is 0 Å². The highest BCUT2D eigenvalue weighted by atomic mass is 16.3. The van der Waals surface area contributed by atoms with Gasteiger partial charge in [0.15, 0.2) is 0 Å². The molecule has 0 aliphatic carbocycles. The average Bonchev–Trinajstić information content (AvgIpc) is 2.90. The Morgan fingerprint density at radius 2 is 2.00 bits per heavy atom. The molecule has 18 heavy (non-hydrogen) atoms. The standard InChI is InChI=1S/C16H19NO/c1-3-15(17-12-16-9-6-10-18-16)11-14-8-5-4-7-13(14)2/h4-10H,3,11-12H2,1-2H3. The van der Waals surface area contributed by atoms with Gasteiger partial charge in [0, 0.05) is 12.1 Å². The van der Waals surface area contributed by atoms with E-state index in [1.54, 1.807) is 6.26 Å². The summed E-state index contributed by atoms with van der Waals surface area (Å²) in [4.78, 5) is 4.64. The van der Waals surface area contributed by atoms with Crippen LogP contribution in [0.1, 0.15) is 30.2 Å². The van der Waals surface area contributed by atoms with E-state index >= 15 is 0 Å². The number of aliphatic imine (C=N–C) groups is 1. The van der Waals surface area contributed by atoms with Gasteiger partial charge in [-0.15, -0.1) is 0 Å². The molecule has 1 aromatic carbocycles. The van der Waals surface area contributed by atoms with Crippen LogP contribution in [0.5, 0.6) is 0 Å². The highest BCUT2D eigenvalue weighted by Crippen LogP contribution is 2.11. The largest absolute Gasteiger partial charge is 0.467 e. The molecule has 0 spiro atoms. The molecular formula is C16H19NO. The molecule has 0 bridgehead atoms. The van der Waals surface area contributed by atoms with Gasteiger partial charge in [-0.3, -0.25) is 4.99 Å². The Labute approximate surface area is 108 Å². The Balaban J connectivity index is 2.05. The number of furan rings is 1. The SMILES string of the molecule is CCC(Cc1ccccc1C)=NCc1ccco1. The lowest BCUT2D eigenvalue weighted by Crippen LogP contribution is -2.03. The van der Waals surface area contributed by atoms with Gasteiger partial charge in [-0.2, -0.15) is 0 Å². The van der Waals surface area contributed by atoms with Crippen LogP contribution in [-0.2, 0) is 13.0 Å². The molecule has 0 aliphatic rings. The summed E-state index contributed by atoms with van der Waals surface area (Å²) >= 11 is 0. The van der Waals surface area contributed by atoms with Gasteiger partial charge in [0.1, 0.15) is 5.76 Å². The Bertz CT molecular complexity index is 512. The summed E-state index contributed by atoms with van der Waals surface area (Å²) < 4.78 is 5.30. The molecule has 2 aromatic rings. The first-order valence-electron chi connectivity index (χ1n) is 6.38. The Morgan fingerprint density at radius 1 is 1.17 bits per heavy atom. The third-order valence-corrected chi connectivity index (χ3v) is 3.10. The van der Waals surface area contributed by atoms with Gasteiger partial charge in [0.2, 0.25) is 0 Å². The maximum absolute atomic E-state index is 5.30. The Morgan fingerprint density at radius 3 is 2.67 bits per heavy atom. The molecule has 0 unspecified atom stereocenters. The van der Waals surface area contributed by atoms with Crippen molar-refractivity contribution in [2.24, 2.45) is 4.99 Å². The van der Waals surface area contributed by atoms with Crippen LogP contribution in [0, 0.1) is 6.92 Å². The fraction of sp³-hybridized carbons (Fsp3) is 0.312. The van der Waals surface area contributed by atoms with Crippen molar-refractivity contribution in [3.8, 4) is 0 Å².